The van der Waals surface area contributed by atoms with Crippen LogP contribution in [0, 0.1) is 0 Å². The fraction of sp³-hybridized carbons (Fsp3) is 0.476. The van der Waals surface area contributed by atoms with E-state index in [1.165, 1.54) is 6.33 Å². The molecule has 154 valence electrons. The molecule has 1 aromatic heterocycles. The molecule has 2 aliphatic heterocycles. The Morgan fingerprint density at radius 3 is 2.59 bits per heavy atom. The van der Waals surface area contributed by atoms with Crippen LogP contribution < -0.4 is 15.0 Å². The number of hydrogen-bond donors (Lipinski definition) is 1. The molecule has 1 spiro atoms. The molecular formula is C21H26N4O4. The number of aromatic nitrogens is 2. The number of rotatable bonds is 6. The molecule has 8 heteroatoms. The van der Waals surface area contributed by atoms with Gasteiger partial charge in [0.1, 0.15) is 23.6 Å². The Morgan fingerprint density at radius 1 is 1.17 bits per heavy atom. The Balaban J connectivity index is 1.30. The second kappa shape index (κ2) is 8.75. The van der Waals surface area contributed by atoms with E-state index in [4.69, 9.17) is 14.2 Å². The maximum Gasteiger partial charge on any atom is 0.270 e. The number of piperidine rings is 1. The second-order valence-corrected chi connectivity index (χ2v) is 7.21. The SMILES string of the molecule is COc1ccc(CCNC(=O)c2cc(N3CCC4(CC3)OCCO4)ncn2)cc1. The summed E-state index contributed by atoms with van der Waals surface area (Å²) < 4.78 is 16.7. The maximum absolute atomic E-state index is 12.5. The van der Waals surface area contributed by atoms with Gasteiger partial charge in [-0.3, -0.25) is 4.79 Å². The molecule has 2 saturated heterocycles. The fourth-order valence-corrected chi connectivity index (χ4v) is 3.71. The number of carbonyl (C=O) groups is 1. The Bertz CT molecular complexity index is 827. The quantitative estimate of drug-likeness (QED) is 0.794. The number of anilines is 1. The monoisotopic (exact) mass is 398 g/mol. The molecule has 1 N–H and O–H groups in total. The molecule has 2 aromatic rings. The molecule has 0 aliphatic carbocycles. The summed E-state index contributed by atoms with van der Waals surface area (Å²) >= 11 is 0. The molecule has 2 aliphatic rings. The zero-order valence-corrected chi connectivity index (χ0v) is 16.6. The lowest BCUT2D eigenvalue weighted by Crippen LogP contribution is -2.45. The van der Waals surface area contributed by atoms with E-state index >= 15 is 0 Å². The zero-order valence-electron chi connectivity index (χ0n) is 16.6. The number of carbonyl (C=O) groups excluding carboxylic acids is 1. The Labute approximate surface area is 170 Å². The maximum atomic E-state index is 12.5. The lowest BCUT2D eigenvalue weighted by atomic mass is 10.0. The Kier molecular flexibility index (Phi) is 5.92. The van der Waals surface area contributed by atoms with Crippen molar-refractivity contribution in [2.24, 2.45) is 0 Å². The highest BCUT2D eigenvalue weighted by Crippen LogP contribution is 2.32. The summed E-state index contributed by atoms with van der Waals surface area (Å²) in [6.07, 6.45) is 3.77. The lowest BCUT2D eigenvalue weighted by Gasteiger charge is -2.38. The normalized spacial score (nSPS) is 18.0. The molecule has 0 radical (unpaired) electrons. The van der Waals surface area contributed by atoms with Gasteiger partial charge < -0.3 is 24.4 Å². The average molecular weight is 398 g/mol. The van der Waals surface area contributed by atoms with Crippen LogP contribution in [0.5, 0.6) is 5.75 Å². The number of benzene rings is 1. The van der Waals surface area contributed by atoms with Crippen molar-refractivity contribution in [1.82, 2.24) is 15.3 Å². The summed E-state index contributed by atoms with van der Waals surface area (Å²) in [5, 5.41) is 2.93. The van der Waals surface area contributed by atoms with E-state index in [1.807, 2.05) is 24.3 Å². The van der Waals surface area contributed by atoms with Crippen molar-refractivity contribution in [3.63, 3.8) is 0 Å². The van der Waals surface area contributed by atoms with Crippen LogP contribution in [0.1, 0.15) is 28.9 Å². The van der Waals surface area contributed by atoms with Gasteiger partial charge in [0.2, 0.25) is 0 Å². The van der Waals surface area contributed by atoms with Crippen LogP contribution in [0.15, 0.2) is 36.7 Å². The largest absolute Gasteiger partial charge is 0.497 e. The van der Waals surface area contributed by atoms with E-state index in [1.54, 1.807) is 13.2 Å². The van der Waals surface area contributed by atoms with Crippen LogP contribution >= 0.6 is 0 Å². The predicted octanol–water partition coefficient (Wildman–Crippen LogP) is 1.80. The molecule has 0 bridgehead atoms. The molecule has 2 fully saturated rings. The number of nitrogens with one attached hydrogen (secondary N) is 1. The van der Waals surface area contributed by atoms with Gasteiger partial charge in [-0.05, 0) is 24.1 Å². The molecule has 4 rings (SSSR count). The van der Waals surface area contributed by atoms with E-state index in [-0.39, 0.29) is 5.91 Å². The Hall–Kier alpha value is -2.71. The molecule has 0 unspecified atom stereocenters. The Morgan fingerprint density at radius 2 is 1.90 bits per heavy atom. The van der Waals surface area contributed by atoms with Gasteiger partial charge in [0.05, 0.1) is 20.3 Å². The summed E-state index contributed by atoms with van der Waals surface area (Å²) in [6.45, 7) is 3.40. The highest BCUT2D eigenvalue weighted by Gasteiger charge is 2.40. The van der Waals surface area contributed by atoms with Gasteiger partial charge in [-0.1, -0.05) is 12.1 Å². The number of methoxy groups -OCH3 is 1. The van der Waals surface area contributed by atoms with Crippen LogP contribution in [-0.4, -0.2) is 61.6 Å². The molecule has 8 nitrogen and oxygen atoms in total. The molecule has 1 aromatic carbocycles. The third-order valence-electron chi connectivity index (χ3n) is 5.41. The van der Waals surface area contributed by atoms with E-state index in [9.17, 15) is 4.79 Å². The van der Waals surface area contributed by atoms with Crippen molar-refractivity contribution in [1.29, 1.82) is 0 Å². The van der Waals surface area contributed by atoms with Gasteiger partial charge in [-0.2, -0.15) is 0 Å². The van der Waals surface area contributed by atoms with Gasteiger partial charge in [-0.15, -0.1) is 0 Å². The van der Waals surface area contributed by atoms with E-state index in [0.29, 0.717) is 25.5 Å². The highest BCUT2D eigenvalue weighted by atomic mass is 16.7. The third kappa shape index (κ3) is 4.65. The molecule has 3 heterocycles. The van der Waals surface area contributed by atoms with E-state index in [0.717, 1.165) is 49.5 Å². The van der Waals surface area contributed by atoms with Crippen molar-refractivity contribution in [3.05, 3.63) is 47.9 Å². The summed E-state index contributed by atoms with van der Waals surface area (Å²) in [6, 6.07) is 9.57. The van der Waals surface area contributed by atoms with Crippen LogP contribution in [-0.2, 0) is 15.9 Å². The number of amides is 1. The highest BCUT2D eigenvalue weighted by molar-refractivity contribution is 5.92. The van der Waals surface area contributed by atoms with Crippen LogP contribution in [0.3, 0.4) is 0 Å². The summed E-state index contributed by atoms with van der Waals surface area (Å²) in [5.74, 6) is 0.956. The zero-order chi connectivity index (χ0) is 20.1. The topological polar surface area (TPSA) is 85.8 Å². The van der Waals surface area contributed by atoms with Crippen molar-refractivity contribution in [3.8, 4) is 5.75 Å². The van der Waals surface area contributed by atoms with Crippen molar-refractivity contribution >= 4 is 11.7 Å². The minimum atomic E-state index is -0.425. The first-order valence-corrected chi connectivity index (χ1v) is 9.93. The van der Waals surface area contributed by atoms with E-state index < -0.39 is 5.79 Å². The van der Waals surface area contributed by atoms with Crippen LogP contribution in [0.2, 0.25) is 0 Å². The standard InChI is InChI=1S/C21H26N4O4/c1-27-17-4-2-16(3-5-17)6-9-22-20(26)18-14-19(24-15-23-18)25-10-7-21(8-11-25)28-12-13-29-21/h2-5,14-15H,6-13H2,1H3,(H,22,26). The summed E-state index contributed by atoms with van der Waals surface area (Å²) in [4.78, 5) is 23.1. The lowest BCUT2D eigenvalue weighted by molar-refractivity contribution is -0.169. The predicted molar refractivity (Wildman–Crippen MR) is 107 cm³/mol. The first-order chi connectivity index (χ1) is 14.2. The van der Waals surface area contributed by atoms with Gasteiger partial charge in [0.15, 0.2) is 5.79 Å². The van der Waals surface area contributed by atoms with Gasteiger partial charge in [-0.25, -0.2) is 9.97 Å². The van der Waals surface area contributed by atoms with Crippen LogP contribution in [0.4, 0.5) is 5.82 Å². The molecule has 1 amide bonds. The van der Waals surface area contributed by atoms with Crippen molar-refractivity contribution < 1.29 is 19.0 Å². The molecular weight excluding hydrogens is 372 g/mol. The number of nitrogens with zero attached hydrogens (tertiary/aromatic N) is 3. The van der Waals surface area contributed by atoms with Crippen molar-refractivity contribution in [2.45, 2.75) is 25.0 Å². The van der Waals surface area contributed by atoms with Crippen LogP contribution in [0.25, 0.3) is 0 Å². The average Bonchev–Trinajstić information content (AvgIpc) is 3.22. The molecule has 0 saturated carbocycles. The summed E-state index contributed by atoms with van der Waals surface area (Å²) in [7, 11) is 1.64. The molecule has 29 heavy (non-hydrogen) atoms. The first kappa shape index (κ1) is 19.6. The fourth-order valence-electron chi connectivity index (χ4n) is 3.71. The van der Waals surface area contributed by atoms with E-state index in [2.05, 4.69) is 20.2 Å². The number of hydrogen-bond acceptors (Lipinski definition) is 7. The summed E-state index contributed by atoms with van der Waals surface area (Å²) in [5.41, 5.74) is 1.51. The second-order valence-electron chi connectivity index (χ2n) is 7.21. The van der Waals surface area contributed by atoms with Gasteiger partial charge in [0.25, 0.3) is 5.91 Å². The van der Waals surface area contributed by atoms with Gasteiger partial charge in [0, 0.05) is 38.5 Å². The third-order valence-corrected chi connectivity index (χ3v) is 5.41. The minimum absolute atomic E-state index is 0.196. The van der Waals surface area contributed by atoms with Gasteiger partial charge >= 0.3 is 0 Å². The minimum Gasteiger partial charge on any atom is -0.497 e. The van der Waals surface area contributed by atoms with Crippen molar-refractivity contribution in [2.75, 3.05) is 44.9 Å². The smallest absolute Gasteiger partial charge is 0.270 e. The first-order valence-electron chi connectivity index (χ1n) is 9.93. The molecule has 0 atom stereocenters. The number of ether oxygens (including phenoxy) is 3.